The van der Waals surface area contributed by atoms with Gasteiger partial charge in [0.25, 0.3) is 0 Å². The Morgan fingerprint density at radius 3 is 2.40 bits per heavy atom. The minimum atomic E-state index is -0.422. The van der Waals surface area contributed by atoms with E-state index in [2.05, 4.69) is 45.9 Å². The second kappa shape index (κ2) is 6.39. The van der Waals surface area contributed by atoms with Crippen molar-refractivity contribution < 1.29 is 5.11 Å². The number of hydrogen-bond acceptors (Lipinski definition) is 4. The zero-order chi connectivity index (χ0) is 14.6. The highest BCUT2D eigenvalue weighted by Crippen LogP contribution is 2.24. The highest BCUT2D eigenvalue weighted by molar-refractivity contribution is 7.09. The predicted octanol–water partition coefficient (Wildman–Crippen LogP) is 2.81. The van der Waals surface area contributed by atoms with E-state index in [1.165, 1.54) is 4.88 Å². The third kappa shape index (κ3) is 3.39. The summed E-state index contributed by atoms with van der Waals surface area (Å²) in [5.74, 6) is 0. The maximum atomic E-state index is 9.78. The summed E-state index contributed by atoms with van der Waals surface area (Å²) < 4.78 is 0. The number of nitrogens with zero attached hydrogens (tertiary/aromatic N) is 1. The zero-order valence-corrected chi connectivity index (χ0v) is 13.1. The normalized spacial score (nSPS) is 14.0. The molecule has 0 aliphatic heterocycles. The zero-order valence-electron chi connectivity index (χ0n) is 12.3. The van der Waals surface area contributed by atoms with Gasteiger partial charge < -0.3 is 15.3 Å². The lowest BCUT2D eigenvalue weighted by molar-refractivity contribution is 0.174. The van der Waals surface area contributed by atoms with E-state index in [0.29, 0.717) is 0 Å². The maximum absolute atomic E-state index is 9.78. The van der Waals surface area contributed by atoms with Crippen LogP contribution in [0.5, 0.6) is 0 Å². The summed E-state index contributed by atoms with van der Waals surface area (Å²) in [7, 11) is 4.05. The van der Waals surface area contributed by atoms with Crippen LogP contribution in [0.3, 0.4) is 0 Å². The van der Waals surface area contributed by atoms with E-state index in [9.17, 15) is 5.11 Å². The van der Waals surface area contributed by atoms with E-state index in [-0.39, 0.29) is 6.61 Å². The van der Waals surface area contributed by atoms with Gasteiger partial charge in [0.15, 0.2) is 0 Å². The van der Waals surface area contributed by atoms with Crippen molar-refractivity contribution in [1.82, 2.24) is 5.32 Å². The van der Waals surface area contributed by atoms with Crippen LogP contribution in [0.15, 0.2) is 41.8 Å². The van der Waals surface area contributed by atoms with Crippen molar-refractivity contribution >= 4 is 17.0 Å². The van der Waals surface area contributed by atoms with Gasteiger partial charge in [-0.25, -0.2) is 0 Å². The Hall–Kier alpha value is -1.36. The van der Waals surface area contributed by atoms with E-state index in [1.54, 1.807) is 11.3 Å². The molecule has 1 aromatic heterocycles. The SMILES string of the molecule is CN(C)c1ccc(C(C)(CO)NCc2cccs2)cc1. The van der Waals surface area contributed by atoms with E-state index in [4.69, 9.17) is 0 Å². The van der Waals surface area contributed by atoms with Gasteiger partial charge in [0.05, 0.1) is 12.1 Å². The lowest BCUT2D eigenvalue weighted by atomic mass is 9.92. The fourth-order valence-corrected chi connectivity index (χ4v) is 2.72. The summed E-state index contributed by atoms with van der Waals surface area (Å²) in [6, 6.07) is 12.5. The van der Waals surface area contributed by atoms with Crippen molar-refractivity contribution in [3.8, 4) is 0 Å². The molecule has 1 aromatic carbocycles. The third-order valence-electron chi connectivity index (χ3n) is 3.57. The summed E-state index contributed by atoms with van der Waals surface area (Å²) in [6.45, 7) is 2.87. The van der Waals surface area contributed by atoms with Gasteiger partial charge in [-0.1, -0.05) is 18.2 Å². The fourth-order valence-electron chi connectivity index (χ4n) is 2.07. The molecule has 0 saturated carbocycles. The summed E-state index contributed by atoms with van der Waals surface area (Å²) in [5.41, 5.74) is 1.84. The van der Waals surface area contributed by atoms with Crippen LogP contribution in [0.4, 0.5) is 5.69 Å². The average Bonchev–Trinajstić information content (AvgIpc) is 2.98. The van der Waals surface area contributed by atoms with Crippen LogP contribution in [-0.2, 0) is 12.1 Å². The Bertz CT molecular complexity index is 522. The first kappa shape index (κ1) is 15.0. The Kier molecular flexibility index (Phi) is 4.81. The fraction of sp³-hybridized carbons (Fsp3) is 0.375. The Morgan fingerprint density at radius 1 is 1.20 bits per heavy atom. The molecule has 0 spiro atoms. The molecule has 4 heteroatoms. The highest BCUT2D eigenvalue weighted by atomic mass is 32.1. The van der Waals surface area contributed by atoms with Crippen LogP contribution in [-0.4, -0.2) is 25.8 Å². The minimum Gasteiger partial charge on any atom is -0.394 e. The van der Waals surface area contributed by atoms with Crippen molar-refractivity contribution in [2.45, 2.75) is 19.0 Å². The van der Waals surface area contributed by atoms with Crippen molar-refractivity contribution in [3.63, 3.8) is 0 Å². The molecule has 0 aliphatic carbocycles. The number of nitrogens with one attached hydrogen (secondary N) is 1. The lowest BCUT2D eigenvalue weighted by Crippen LogP contribution is -2.42. The van der Waals surface area contributed by atoms with Crippen molar-refractivity contribution in [2.75, 3.05) is 25.6 Å². The van der Waals surface area contributed by atoms with E-state index >= 15 is 0 Å². The summed E-state index contributed by atoms with van der Waals surface area (Å²) in [6.07, 6.45) is 0. The molecule has 0 fully saturated rings. The molecule has 0 saturated heterocycles. The number of anilines is 1. The van der Waals surface area contributed by atoms with Crippen LogP contribution in [0.25, 0.3) is 0 Å². The van der Waals surface area contributed by atoms with Gasteiger partial charge in [0.1, 0.15) is 0 Å². The molecule has 2 N–H and O–H groups in total. The Balaban J connectivity index is 2.12. The van der Waals surface area contributed by atoms with Crippen molar-refractivity contribution in [3.05, 3.63) is 52.2 Å². The molecule has 0 bridgehead atoms. The standard InChI is InChI=1S/C16H22N2OS/c1-16(12-19,17-11-15-5-4-10-20-15)13-6-8-14(9-7-13)18(2)3/h4-10,17,19H,11-12H2,1-3H3. The van der Waals surface area contributed by atoms with Crippen LogP contribution in [0.2, 0.25) is 0 Å². The lowest BCUT2D eigenvalue weighted by Gasteiger charge is -2.30. The molecular weight excluding hydrogens is 268 g/mol. The second-order valence-corrected chi connectivity index (χ2v) is 6.40. The monoisotopic (exact) mass is 290 g/mol. The van der Waals surface area contributed by atoms with Crippen molar-refractivity contribution in [2.24, 2.45) is 0 Å². The first-order chi connectivity index (χ1) is 9.55. The molecule has 2 aromatic rings. The molecule has 0 amide bonds. The number of aliphatic hydroxyl groups is 1. The van der Waals surface area contributed by atoms with Gasteiger partial charge in [-0.05, 0) is 36.1 Å². The molecule has 1 unspecified atom stereocenters. The first-order valence-electron chi connectivity index (χ1n) is 6.71. The largest absolute Gasteiger partial charge is 0.394 e. The van der Waals surface area contributed by atoms with Crippen LogP contribution < -0.4 is 10.2 Å². The molecule has 1 heterocycles. The maximum Gasteiger partial charge on any atom is 0.0652 e. The predicted molar refractivity (Wildman–Crippen MR) is 86.4 cm³/mol. The van der Waals surface area contributed by atoms with Crippen molar-refractivity contribution in [1.29, 1.82) is 0 Å². The molecule has 3 nitrogen and oxygen atoms in total. The number of rotatable bonds is 6. The van der Waals surface area contributed by atoms with E-state index in [1.807, 2.05) is 27.1 Å². The van der Waals surface area contributed by atoms with Gasteiger partial charge in [-0.3, -0.25) is 0 Å². The molecule has 2 rings (SSSR count). The molecule has 20 heavy (non-hydrogen) atoms. The van der Waals surface area contributed by atoms with Gasteiger partial charge in [0, 0.05) is 31.2 Å². The number of benzene rings is 1. The molecular formula is C16H22N2OS. The minimum absolute atomic E-state index is 0.0691. The van der Waals surface area contributed by atoms with Gasteiger partial charge in [-0.15, -0.1) is 11.3 Å². The number of aliphatic hydroxyl groups excluding tert-OH is 1. The quantitative estimate of drug-likeness (QED) is 0.859. The molecule has 108 valence electrons. The Morgan fingerprint density at radius 2 is 1.90 bits per heavy atom. The topological polar surface area (TPSA) is 35.5 Å². The van der Waals surface area contributed by atoms with Gasteiger partial charge in [0.2, 0.25) is 0 Å². The van der Waals surface area contributed by atoms with Crippen LogP contribution >= 0.6 is 11.3 Å². The molecule has 1 atom stereocenters. The third-order valence-corrected chi connectivity index (χ3v) is 4.45. The van der Waals surface area contributed by atoms with Crippen LogP contribution in [0.1, 0.15) is 17.4 Å². The summed E-state index contributed by atoms with van der Waals surface area (Å²) in [5, 5.41) is 15.3. The smallest absolute Gasteiger partial charge is 0.0652 e. The highest BCUT2D eigenvalue weighted by Gasteiger charge is 2.25. The van der Waals surface area contributed by atoms with E-state index in [0.717, 1.165) is 17.8 Å². The molecule has 0 radical (unpaired) electrons. The summed E-state index contributed by atoms with van der Waals surface area (Å²) >= 11 is 1.72. The molecule has 0 aliphatic rings. The van der Waals surface area contributed by atoms with E-state index < -0.39 is 5.54 Å². The van der Waals surface area contributed by atoms with Crippen LogP contribution in [0, 0.1) is 0 Å². The Labute approximate surface area is 124 Å². The summed E-state index contributed by atoms with van der Waals surface area (Å²) in [4.78, 5) is 3.34. The van der Waals surface area contributed by atoms with Gasteiger partial charge in [-0.2, -0.15) is 0 Å². The first-order valence-corrected chi connectivity index (χ1v) is 7.59. The average molecular weight is 290 g/mol. The number of thiophene rings is 1. The second-order valence-electron chi connectivity index (χ2n) is 5.36. The number of hydrogen-bond donors (Lipinski definition) is 2. The van der Waals surface area contributed by atoms with Gasteiger partial charge >= 0.3 is 0 Å².